The van der Waals surface area contributed by atoms with Gasteiger partial charge in [0, 0.05) is 10.8 Å². The first-order valence-corrected chi connectivity index (χ1v) is 4.54. The largest absolute Gasteiger partial charge is 3.00 e. The van der Waals surface area contributed by atoms with Gasteiger partial charge >= 0.3 is 40.8 Å². The van der Waals surface area contributed by atoms with Crippen molar-refractivity contribution in [3.8, 4) is 5.75 Å². The predicted molar refractivity (Wildman–Crippen MR) is 53.7 cm³/mol. The smallest absolute Gasteiger partial charge is 1.00 e. The first-order valence-electron chi connectivity index (χ1n) is 4.54. The van der Waals surface area contributed by atoms with Crippen LogP contribution in [-0.2, 0) is 0 Å². The third-order valence-electron chi connectivity index (χ3n) is 2.52. The molecule has 17 heavy (non-hydrogen) atoms. The van der Waals surface area contributed by atoms with Gasteiger partial charge in [-0.25, -0.2) is 0 Å². The monoisotopic (exact) mass is 417 g/mol. The van der Waals surface area contributed by atoms with Crippen LogP contribution in [0.15, 0.2) is 18.2 Å². The van der Waals surface area contributed by atoms with E-state index in [1.807, 2.05) is 0 Å². The molecule has 1 atom stereocenters. The standard InChI is InChI=1S/C12H10O.3ClH.Nd/c1-8-7-10-6-5-9-3-2-4-11(9)12(10)13-8;;;;/h2-8H,1H3;3*1H;/q;;;;+3/p-3. The second-order valence-corrected chi connectivity index (χ2v) is 3.50. The van der Waals surface area contributed by atoms with Crippen LogP contribution >= 0.6 is 0 Å². The minimum atomic E-state index is 0. The number of hydrogen-bond donors (Lipinski definition) is 0. The van der Waals surface area contributed by atoms with Gasteiger partial charge in [0.05, 0.1) is 0 Å². The van der Waals surface area contributed by atoms with Crippen molar-refractivity contribution >= 4 is 18.2 Å². The molecule has 0 saturated heterocycles. The van der Waals surface area contributed by atoms with Crippen molar-refractivity contribution in [3.63, 3.8) is 0 Å². The van der Waals surface area contributed by atoms with Crippen molar-refractivity contribution in [2.24, 2.45) is 0 Å². The van der Waals surface area contributed by atoms with Crippen LogP contribution in [0.4, 0.5) is 0 Å². The van der Waals surface area contributed by atoms with Crippen molar-refractivity contribution in [1.82, 2.24) is 0 Å². The molecule has 0 bridgehead atoms. The number of halogens is 3. The molecule has 0 aromatic heterocycles. The molecule has 89 valence electrons. The average molecular weight is 421 g/mol. The molecule has 2 aliphatic rings. The molecule has 0 spiro atoms. The van der Waals surface area contributed by atoms with Crippen LogP contribution in [0, 0.1) is 40.8 Å². The maximum atomic E-state index is 5.72. The molecule has 1 aromatic carbocycles. The minimum absolute atomic E-state index is 0. The van der Waals surface area contributed by atoms with Gasteiger partial charge < -0.3 is 42.0 Å². The molecule has 3 rings (SSSR count). The molecular weight excluding hydrogens is 411 g/mol. The van der Waals surface area contributed by atoms with Crippen molar-refractivity contribution in [2.45, 2.75) is 13.0 Å². The molecule has 1 nitrogen and oxygen atoms in total. The van der Waals surface area contributed by atoms with Crippen LogP contribution in [0.25, 0.3) is 18.2 Å². The van der Waals surface area contributed by atoms with E-state index in [9.17, 15) is 0 Å². The Hall–Kier alpha value is 0.721. The first kappa shape index (κ1) is 20.0. The molecule has 0 saturated carbocycles. The Morgan fingerprint density at radius 1 is 1.06 bits per heavy atom. The maximum Gasteiger partial charge on any atom is 3.00 e. The van der Waals surface area contributed by atoms with E-state index in [1.165, 1.54) is 16.0 Å². The van der Waals surface area contributed by atoms with Crippen LogP contribution in [0.5, 0.6) is 5.75 Å². The van der Waals surface area contributed by atoms with Crippen molar-refractivity contribution in [3.05, 3.63) is 34.2 Å². The van der Waals surface area contributed by atoms with Gasteiger partial charge in [-0.05, 0) is 18.2 Å². The summed E-state index contributed by atoms with van der Waals surface area (Å²) >= 11 is 0. The Morgan fingerprint density at radius 2 is 1.71 bits per heavy atom. The Balaban J connectivity index is 0. The second-order valence-electron chi connectivity index (χ2n) is 3.50. The zero-order valence-electron chi connectivity index (χ0n) is 9.08. The Morgan fingerprint density at radius 3 is 2.41 bits per heavy atom. The quantitative estimate of drug-likeness (QED) is 0.405. The summed E-state index contributed by atoms with van der Waals surface area (Å²) in [5.74, 6) is 1.05. The Labute approximate surface area is 152 Å². The summed E-state index contributed by atoms with van der Waals surface area (Å²) in [7, 11) is 0. The second kappa shape index (κ2) is 8.00. The summed E-state index contributed by atoms with van der Waals surface area (Å²) in [5.41, 5.74) is 1.23. The summed E-state index contributed by atoms with van der Waals surface area (Å²) < 4.78 is 5.72. The van der Waals surface area contributed by atoms with Gasteiger partial charge in [-0.3, -0.25) is 0 Å². The number of benzene rings is 1. The van der Waals surface area contributed by atoms with Gasteiger partial charge in [-0.15, -0.1) is 0 Å². The number of fused-ring (bicyclic) bond motifs is 3. The van der Waals surface area contributed by atoms with Gasteiger partial charge in [0.25, 0.3) is 0 Å². The molecule has 1 heterocycles. The molecule has 0 amide bonds. The van der Waals surface area contributed by atoms with Crippen molar-refractivity contribution in [2.75, 3.05) is 0 Å². The Kier molecular flexibility index (Phi) is 9.44. The fourth-order valence-corrected chi connectivity index (χ4v) is 1.93. The summed E-state index contributed by atoms with van der Waals surface area (Å²) in [6.45, 7) is 2.06. The van der Waals surface area contributed by atoms with Gasteiger partial charge in [0.15, 0.2) is 0 Å². The average Bonchev–Trinajstić information content (AvgIpc) is 2.65. The van der Waals surface area contributed by atoms with E-state index in [0.29, 0.717) is 0 Å². The fraction of sp³-hybridized carbons (Fsp3) is 0.167. The molecule has 1 unspecified atom stereocenters. The van der Waals surface area contributed by atoms with Crippen molar-refractivity contribution in [1.29, 1.82) is 0 Å². The van der Waals surface area contributed by atoms with E-state index in [4.69, 9.17) is 4.74 Å². The van der Waals surface area contributed by atoms with E-state index in [-0.39, 0.29) is 84.2 Å². The van der Waals surface area contributed by atoms with Crippen LogP contribution in [-0.4, -0.2) is 6.10 Å². The molecule has 1 aromatic rings. The van der Waals surface area contributed by atoms with Gasteiger partial charge in [0.2, 0.25) is 0 Å². The number of rotatable bonds is 0. The molecule has 5 heteroatoms. The summed E-state index contributed by atoms with van der Waals surface area (Å²) in [4.78, 5) is 0. The van der Waals surface area contributed by atoms with Crippen molar-refractivity contribution < 1.29 is 82.8 Å². The summed E-state index contributed by atoms with van der Waals surface area (Å²) in [6, 6.07) is 4.27. The molecule has 0 N–H and O–H groups in total. The SMILES string of the molecule is CC1C=c2ccc3c(c2O1)C=CC=3.[Cl-].[Cl-].[Cl-].[Nd+3]. The van der Waals surface area contributed by atoms with Crippen LogP contribution in [0.2, 0.25) is 0 Å². The van der Waals surface area contributed by atoms with Crippen LogP contribution in [0.3, 0.4) is 0 Å². The fourth-order valence-electron chi connectivity index (χ4n) is 1.93. The zero-order chi connectivity index (χ0) is 8.84. The van der Waals surface area contributed by atoms with E-state index >= 15 is 0 Å². The zero-order valence-corrected chi connectivity index (χ0v) is 14.6. The van der Waals surface area contributed by atoms with E-state index in [1.54, 1.807) is 0 Å². The third kappa shape index (κ3) is 3.60. The molecule has 1 aliphatic heterocycles. The van der Waals surface area contributed by atoms with Gasteiger partial charge in [0.1, 0.15) is 11.9 Å². The predicted octanol–water partition coefficient (Wildman–Crippen LogP) is -7.93. The number of ether oxygens (including phenoxy) is 1. The van der Waals surface area contributed by atoms with Gasteiger partial charge in [-0.2, -0.15) is 0 Å². The molecular formula is C12H10Cl3NdO. The summed E-state index contributed by atoms with van der Waals surface area (Å²) in [6.07, 6.45) is 8.66. The molecule has 1 radical (unpaired) electrons. The maximum absolute atomic E-state index is 5.72. The van der Waals surface area contributed by atoms with E-state index < -0.39 is 0 Å². The third-order valence-corrected chi connectivity index (χ3v) is 2.52. The van der Waals surface area contributed by atoms with Gasteiger partial charge in [-0.1, -0.05) is 30.4 Å². The topological polar surface area (TPSA) is 9.23 Å². The normalized spacial score (nSPS) is 16.4. The molecule has 1 aliphatic carbocycles. The van der Waals surface area contributed by atoms with Crippen LogP contribution in [0.1, 0.15) is 12.5 Å². The first-order chi connectivity index (χ1) is 6.34. The molecule has 0 fully saturated rings. The number of allylic oxidation sites excluding steroid dienone is 1. The number of hydrogen-bond acceptors (Lipinski definition) is 1. The summed E-state index contributed by atoms with van der Waals surface area (Å²) in [5, 5.41) is 2.49. The Bertz CT molecular complexity index is 525. The minimum Gasteiger partial charge on any atom is -1.00 e. The van der Waals surface area contributed by atoms with E-state index in [2.05, 4.69) is 43.4 Å². The van der Waals surface area contributed by atoms with E-state index in [0.717, 1.165) is 5.75 Å². The van der Waals surface area contributed by atoms with Crippen LogP contribution < -0.4 is 52.4 Å².